The molecular weight excluding hydrogens is 334 g/mol. The summed E-state index contributed by atoms with van der Waals surface area (Å²) in [6, 6.07) is 8.50. The van der Waals surface area contributed by atoms with Gasteiger partial charge in [-0.1, -0.05) is 45.0 Å². The lowest BCUT2D eigenvalue weighted by atomic mass is 9.87. The Hall–Kier alpha value is -2.54. The topological polar surface area (TPSA) is 99.8 Å². The van der Waals surface area contributed by atoms with E-state index in [0.717, 1.165) is 17.3 Å². The van der Waals surface area contributed by atoms with Crippen LogP contribution < -0.4 is 11.5 Å². The lowest BCUT2D eigenvalue weighted by Crippen LogP contribution is -2.11. The number of anilines is 1. The molecule has 1 amide bonds. The number of fused-ring (bicyclic) bond motifs is 1. The van der Waals surface area contributed by atoms with Crippen molar-refractivity contribution in [2.75, 3.05) is 5.73 Å². The SMILES string of the molecule is CC(C)(C)c1ccc(Cn2cc(SC(N)=O)c3c(N)ncnc32)cc1. The maximum absolute atomic E-state index is 11.3. The van der Waals surface area contributed by atoms with Gasteiger partial charge in [-0.2, -0.15) is 0 Å². The van der Waals surface area contributed by atoms with E-state index in [1.54, 1.807) is 0 Å². The summed E-state index contributed by atoms with van der Waals surface area (Å²) in [6.07, 6.45) is 3.28. The minimum atomic E-state index is -0.489. The Morgan fingerprint density at radius 1 is 1.20 bits per heavy atom. The van der Waals surface area contributed by atoms with E-state index in [2.05, 4.69) is 55.0 Å². The van der Waals surface area contributed by atoms with E-state index in [9.17, 15) is 4.79 Å². The molecule has 0 aliphatic heterocycles. The number of amides is 1. The van der Waals surface area contributed by atoms with Crippen molar-refractivity contribution in [2.24, 2.45) is 5.73 Å². The summed E-state index contributed by atoms with van der Waals surface area (Å²) in [4.78, 5) is 20.3. The molecule has 1 aromatic carbocycles. The summed E-state index contributed by atoms with van der Waals surface area (Å²) >= 11 is 0.937. The zero-order valence-electron chi connectivity index (χ0n) is 14.5. The molecule has 0 spiro atoms. The highest BCUT2D eigenvalue weighted by molar-refractivity contribution is 8.13. The first-order valence-corrected chi connectivity index (χ1v) is 8.73. The summed E-state index contributed by atoms with van der Waals surface area (Å²) in [5.74, 6) is 0.343. The van der Waals surface area contributed by atoms with Crippen molar-refractivity contribution in [1.82, 2.24) is 14.5 Å². The van der Waals surface area contributed by atoms with Gasteiger partial charge in [0.25, 0.3) is 5.24 Å². The van der Waals surface area contributed by atoms with E-state index in [-0.39, 0.29) is 5.41 Å². The number of carbonyl (C=O) groups is 1. The number of nitrogens with two attached hydrogens (primary N) is 2. The number of benzene rings is 1. The second-order valence-corrected chi connectivity index (χ2v) is 7.99. The highest BCUT2D eigenvalue weighted by Gasteiger charge is 2.17. The molecule has 6 nitrogen and oxygen atoms in total. The highest BCUT2D eigenvalue weighted by Crippen LogP contribution is 2.32. The Bertz CT molecular complexity index is 925. The van der Waals surface area contributed by atoms with Gasteiger partial charge >= 0.3 is 0 Å². The lowest BCUT2D eigenvalue weighted by Gasteiger charge is -2.19. The van der Waals surface area contributed by atoms with Gasteiger partial charge in [-0.3, -0.25) is 4.79 Å². The van der Waals surface area contributed by atoms with Crippen LogP contribution in [0.5, 0.6) is 0 Å². The van der Waals surface area contributed by atoms with E-state index in [1.807, 2.05) is 10.8 Å². The molecule has 2 heterocycles. The molecule has 7 heteroatoms. The van der Waals surface area contributed by atoms with Crippen LogP contribution in [0, 0.1) is 0 Å². The Kier molecular flexibility index (Phi) is 4.43. The van der Waals surface area contributed by atoms with E-state index in [1.165, 1.54) is 11.9 Å². The maximum Gasteiger partial charge on any atom is 0.281 e. The van der Waals surface area contributed by atoms with Crippen LogP contribution in [0.3, 0.4) is 0 Å². The molecule has 0 atom stereocenters. The molecule has 0 radical (unpaired) electrons. The second kappa shape index (κ2) is 6.40. The zero-order valence-corrected chi connectivity index (χ0v) is 15.3. The normalized spacial score (nSPS) is 11.8. The summed E-state index contributed by atoms with van der Waals surface area (Å²) in [6.45, 7) is 7.19. The number of rotatable bonds is 3. The van der Waals surface area contributed by atoms with Crippen LogP contribution in [0.2, 0.25) is 0 Å². The third kappa shape index (κ3) is 3.61. The fourth-order valence-corrected chi connectivity index (χ4v) is 3.42. The van der Waals surface area contributed by atoms with Gasteiger partial charge in [0.15, 0.2) is 0 Å². The summed E-state index contributed by atoms with van der Waals surface area (Å²) in [5, 5.41) is 0.175. The summed E-state index contributed by atoms with van der Waals surface area (Å²) in [5.41, 5.74) is 14.5. The second-order valence-electron chi connectivity index (χ2n) is 6.95. The third-order valence-corrected chi connectivity index (χ3v) is 4.76. The third-order valence-electron chi connectivity index (χ3n) is 4.03. The predicted molar refractivity (Wildman–Crippen MR) is 102 cm³/mol. The van der Waals surface area contributed by atoms with Crippen molar-refractivity contribution >= 4 is 33.9 Å². The van der Waals surface area contributed by atoms with Gasteiger partial charge in [-0.25, -0.2) is 9.97 Å². The van der Waals surface area contributed by atoms with E-state index < -0.39 is 5.24 Å². The minimum absolute atomic E-state index is 0.117. The van der Waals surface area contributed by atoms with Crippen LogP contribution in [0.25, 0.3) is 11.0 Å². The minimum Gasteiger partial charge on any atom is -0.383 e. The lowest BCUT2D eigenvalue weighted by molar-refractivity contribution is 0.267. The number of aromatic nitrogens is 3. The average Bonchev–Trinajstić information content (AvgIpc) is 2.85. The van der Waals surface area contributed by atoms with Crippen molar-refractivity contribution in [2.45, 2.75) is 37.6 Å². The maximum atomic E-state index is 11.3. The first-order chi connectivity index (χ1) is 11.8. The van der Waals surface area contributed by atoms with Crippen molar-refractivity contribution in [1.29, 1.82) is 0 Å². The molecule has 3 aromatic rings. The van der Waals surface area contributed by atoms with Crippen LogP contribution >= 0.6 is 11.8 Å². The number of primary amides is 1. The number of carbonyl (C=O) groups excluding carboxylic acids is 1. The van der Waals surface area contributed by atoms with Gasteiger partial charge in [-0.05, 0) is 28.3 Å². The van der Waals surface area contributed by atoms with E-state index >= 15 is 0 Å². The fourth-order valence-electron chi connectivity index (χ4n) is 2.72. The molecule has 3 rings (SSSR count). The van der Waals surface area contributed by atoms with Crippen LogP contribution in [-0.4, -0.2) is 19.8 Å². The van der Waals surface area contributed by atoms with Crippen molar-refractivity contribution in [3.63, 3.8) is 0 Å². The molecule has 4 N–H and O–H groups in total. The first kappa shape index (κ1) is 17.3. The monoisotopic (exact) mass is 355 g/mol. The predicted octanol–water partition coefficient (Wildman–Crippen LogP) is 3.53. The zero-order chi connectivity index (χ0) is 18.2. The molecule has 0 aliphatic rings. The molecular formula is C18H21N5OS. The largest absolute Gasteiger partial charge is 0.383 e. The summed E-state index contributed by atoms with van der Waals surface area (Å²) in [7, 11) is 0. The average molecular weight is 355 g/mol. The first-order valence-electron chi connectivity index (χ1n) is 7.91. The van der Waals surface area contributed by atoms with E-state index in [4.69, 9.17) is 11.5 Å². The smallest absolute Gasteiger partial charge is 0.281 e. The van der Waals surface area contributed by atoms with Crippen molar-refractivity contribution in [3.8, 4) is 0 Å². The highest BCUT2D eigenvalue weighted by atomic mass is 32.2. The Labute approximate surface area is 150 Å². The van der Waals surface area contributed by atoms with Gasteiger partial charge in [0, 0.05) is 17.6 Å². The fraction of sp³-hybridized carbons (Fsp3) is 0.278. The van der Waals surface area contributed by atoms with Crippen molar-refractivity contribution < 1.29 is 4.79 Å². The Balaban J connectivity index is 1.99. The molecule has 0 unspecified atom stereocenters. The molecule has 0 fully saturated rings. The van der Waals surface area contributed by atoms with E-state index in [0.29, 0.717) is 28.3 Å². The van der Waals surface area contributed by atoms with Gasteiger partial charge in [0.05, 0.1) is 5.39 Å². The summed E-state index contributed by atoms with van der Waals surface area (Å²) < 4.78 is 1.96. The Morgan fingerprint density at radius 2 is 1.88 bits per heavy atom. The van der Waals surface area contributed by atoms with Gasteiger partial charge < -0.3 is 16.0 Å². The molecule has 2 aromatic heterocycles. The molecule has 25 heavy (non-hydrogen) atoms. The number of hydrogen-bond acceptors (Lipinski definition) is 5. The number of thioether (sulfide) groups is 1. The Morgan fingerprint density at radius 3 is 2.48 bits per heavy atom. The molecule has 0 saturated heterocycles. The van der Waals surface area contributed by atoms with Gasteiger partial charge in [0.1, 0.15) is 17.8 Å². The molecule has 130 valence electrons. The quantitative estimate of drug-likeness (QED) is 0.700. The van der Waals surface area contributed by atoms with Crippen LogP contribution in [0.4, 0.5) is 10.6 Å². The molecule has 0 saturated carbocycles. The molecule has 0 bridgehead atoms. The van der Waals surface area contributed by atoms with Crippen LogP contribution in [0.1, 0.15) is 31.9 Å². The standard InChI is InChI=1S/C18H21N5OS/c1-18(2,3)12-6-4-11(5-7-12)8-23-9-13(25-17(20)24)14-15(19)21-10-22-16(14)23/h4-7,9-10H,8H2,1-3H3,(H2,20,24)(H2,19,21,22). The van der Waals surface area contributed by atoms with Crippen LogP contribution in [-0.2, 0) is 12.0 Å². The number of hydrogen-bond donors (Lipinski definition) is 2. The number of nitrogen functional groups attached to an aromatic ring is 1. The molecule has 0 aliphatic carbocycles. The van der Waals surface area contributed by atoms with Gasteiger partial charge in [0.2, 0.25) is 0 Å². The number of nitrogens with zero attached hydrogens (tertiary/aromatic N) is 3. The van der Waals surface area contributed by atoms with Crippen molar-refractivity contribution in [3.05, 3.63) is 47.9 Å². The van der Waals surface area contributed by atoms with Crippen LogP contribution in [0.15, 0.2) is 41.7 Å². The van der Waals surface area contributed by atoms with Gasteiger partial charge in [-0.15, -0.1) is 0 Å².